The molecule has 0 radical (unpaired) electrons. The van der Waals surface area contributed by atoms with Crippen molar-refractivity contribution in [2.24, 2.45) is 0 Å². The minimum Gasteiger partial charge on any atom is -0.290 e. The van der Waals surface area contributed by atoms with Gasteiger partial charge < -0.3 is 0 Å². The van der Waals surface area contributed by atoms with Crippen LogP contribution in [0.25, 0.3) is 5.57 Å². The van der Waals surface area contributed by atoms with Gasteiger partial charge in [0.1, 0.15) is 0 Å². The van der Waals surface area contributed by atoms with E-state index in [2.05, 4.69) is 22.6 Å². The van der Waals surface area contributed by atoms with Gasteiger partial charge in [0.25, 0.3) is 0 Å². The van der Waals surface area contributed by atoms with Crippen LogP contribution in [0.2, 0.25) is 0 Å². The monoisotopic (exact) mass is 438 g/mol. The molecule has 2 aromatic rings. The highest BCUT2D eigenvalue weighted by Crippen LogP contribution is 2.53. The first kappa shape index (κ1) is 16.2. The number of carbonyl (C=O) groups is 2. The number of hydrogen-bond donors (Lipinski definition) is 0. The van der Waals surface area contributed by atoms with Crippen molar-refractivity contribution >= 4 is 39.7 Å². The van der Waals surface area contributed by atoms with Crippen LogP contribution >= 0.6 is 22.6 Å². The van der Waals surface area contributed by atoms with Gasteiger partial charge in [-0.3, -0.25) is 9.59 Å². The summed E-state index contributed by atoms with van der Waals surface area (Å²) < 4.78 is 0.703. The summed E-state index contributed by atoms with van der Waals surface area (Å²) in [6.45, 7) is 1.97. The van der Waals surface area contributed by atoms with Crippen molar-refractivity contribution in [1.82, 2.24) is 0 Å². The van der Waals surface area contributed by atoms with E-state index < -0.39 is 5.41 Å². The molecule has 0 saturated heterocycles. The molecule has 0 bridgehead atoms. The maximum Gasteiger partial charge on any atom is 0.199 e. The number of fused-ring (bicyclic) bond motifs is 2. The van der Waals surface area contributed by atoms with Crippen LogP contribution < -0.4 is 0 Å². The largest absolute Gasteiger partial charge is 0.290 e. The molecule has 0 aliphatic heterocycles. The maximum atomic E-state index is 13.0. The van der Waals surface area contributed by atoms with Crippen LogP contribution in [0.5, 0.6) is 0 Å². The molecule has 25 heavy (non-hydrogen) atoms. The van der Waals surface area contributed by atoms with Gasteiger partial charge in [-0.2, -0.15) is 0 Å². The summed E-state index contributed by atoms with van der Waals surface area (Å²) in [5.74, 6) is 0.0266. The molecule has 2 aliphatic carbocycles. The lowest BCUT2D eigenvalue weighted by molar-refractivity contribution is -0.110. The normalized spacial score (nSPS) is 22.2. The molecule has 1 unspecified atom stereocenters. The third-order valence-corrected chi connectivity index (χ3v) is 5.98. The first-order valence-corrected chi connectivity index (χ1v) is 9.15. The van der Waals surface area contributed by atoms with Gasteiger partial charge in [0.15, 0.2) is 11.6 Å². The molecular formula is C22H15IO2. The summed E-state index contributed by atoms with van der Waals surface area (Å²) >= 11 is 2.16. The molecule has 0 amide bonds. The van der Waals surface area contributed by atoms with E-state index in [1.165, 1.54) is 0 Å². The van der Waals surface area contributed by atoms with Crippen LogP contribution in [0.4, 0.5) is 0 Å². The van der Waals surface area contributed by atoms with E-state index >= 15 is 0 Å². The third-order valence-electron chi connectivity index (χ3n) is 4.95. The minimum atomic E-state index is -0.587. The van der Waals surface area contributed by atoms with Crippen molar-refractivity contribution in [3.05, 3.63) is 98.7 Å². The lowest BCUT2D eigenvalue weighted by Gasteiger charge is -2.41. The van der Waals surface area contributed by atoms with E-state index in [-0.39, 0.29) is 11.6 Å². The quantitative estimate of drug-likeness (QED) is 0.584. The fourth-order valence-corrected chi connectivity index (χ4v) is 4.85. The molecular weight excluding hydrogens is 423 g/mol. The van der Waals surface area contributed by atoms with E-state index in [0.717, 1.165) is 22.3 Å². The molecule has 0 fully saturated rings. The maximum absolute atomic E-state index is 13.0. The van der Waals surface area contributed by atoms with Crippen LogP contribution in [-0.4, -0.2) is 11.6 Å². The van der Waals surface area contributed by atoms with Gasteiger partial charge in [-0.25, -0.2) is 0 Å². The number of halogens is 1. The molecule has 0 N–H and O–H groups in total. The molecule has 122 valence electrons. The van der Waals surface area contributed by atoms with E-state index in [1.54, 1.807) is 12.2 Å². The van der Waals surface area contributed by atoms with Gasteiger partial charge in [0.05, 0.1) is 8.99 Å². The Morgan fingerprint density at radius 1 is 0.920 bits per heavy atom. The second kappa shape index (κ2) is 5.92. The Bertz CT molecular complexity index is 996. The van der Waals surface area contributed by atoms with Crippen molar-refractivity contribution in [1.29, 1.82) is 0 Å². The first-order valence-electron chi connectivity index (χ1n) is 8.07. The zero-order valence-corrected chi connectivity index (χ0v) is 15.8. The highest BCUT2D eigenvalue weighted by Gasteiger charge is 2.46. The smallest absolute Gasteiger partial charge is 0.199 e. The molecule has 3 heteroatoms. The van der Waals surface area contributed by atoms with Crippen LogP contribution in [-0.2, 0) is 10.2 Å². The van der Waals surface area contributed by atoms with E-state index in [0.29, 0.717) is 9.14 Å². The van der Waals surface area contributed by atoms with Crippen molar-refractivity contribution in [3.8, 4) is 0 Å². The molecule has 2 aliphatic rings. The standard InChI is InChI=1S/C22H15IO2/c1-14-13-16(24)11-12-22(14)18-10-6-5-9-17(18)21(25)20(23)19(22)15-7-3-2-4-8-15/h2-13H,1H3. The number of hydrogen-bond acceptors (Lipinski definition) is 2. The highest BCUT2D eigenvalue weighted by atomic mass is 127. The minimum absolute atomic E-state index is 0.0140. The highest BCUT2D eigenvalue weighted by molar-refractivity contribution is 14.1. The summed E-state index contributed by atoms with van der Waals surface area (Å²) in [6, 6.07) is 17.7. The van der Waals surface area contributed by atoms with Crippen molar-refractivity contribution in [3.63, 3.8) is 0 Å². The predicted molar refractivity (Wildman–Crippen MR) is 108 cm³/mol. The summed E-state index contributed by atoms with van der Waals surface area (Å²) in [6.07, 6.45) is 5.25. The second-order valence-corrected chi connectivity index (χ2v) is 7.38. The Labute approximate surface area is 160 Å². The molecule has 0 heterocycles. The van der Waals surface area contributed by atoms with Gasteiger partial charge >= 0.3 is 0 Å². The van der Waals surface area contributed by atoms with Gasteiger partial charge in [-0.05, 0) is 58.4 Å². The molecule has 1 atom stereocenters. The molecule has 0 saturated carbocycles. The van der Waals surface area contributed by atoms with Crippen LogP contribution in [0.15, 0.2) is 82.0 Å². The number of rotatable bonds is 1. The van der Waals surface area contributed by atoms with Crippen molar-refractivity contribution in [2.75, 3.05) is 0 Å². The fourth-order valence-electron chi connectivity index (χ4n) is 3.82. The summed E-state index contributed by atoms with van der Waals surface area (Å²) in [5.41, 5.74) is 3.95. The Kier molecular flexibility index (Phi) is 3.84. The molecule has 0 aromatic heterocycles. The molecule has 2 aromatic carbocycles. The lowest BCUT2D eigenvalue weighted by atomic mass is 9.61. The van der Waals surface area contributed by atoms with Crippen molar-refractivity contribution < 1.29 is 9.59 Å². The fraction of sp³-hybridized carbons (Fsp3) is 0.0909. The average molecular weight is 438 g/mol. The summed E-state index contributed by atoms with van der Waals surface area (Å²) in [4.78, 5) is 25.0. The Morgan fingerprint density at radius 2 is 1.60 bits per heavy atom. The predicted octanol–water partition coefficient (Wildman–Crippen LogP) is 5.05. The van der Waals surface area contributed by atoms with E-state index in [9.17, 15) is 9.59 Å². The lowest BCUT2D eigenvalue weighted by Crippen LogP contribution is -2.36. The number of carbonyl (C=O) groups excluding carboxylic acids is 2. The molecule has 1 spiro atoms. The first-order chi connectivity index (χ1) is 12.1. The van der Waals surface area contributed by atoms with Gasteiger partial charge in [-0.1, -0.05) is 66.2 Å². The summed E-state index contributed by atoms with van der Waals surface area (Å²) in [7, 11) is 0. The zero-order valence-electron chi connectivity index (χ0n) is 13.6. The molecule has 2 nitrogen and oxygen atoms in total. The Balaban J connectivity index is 2.13. The summed E-state index contributed by atoms with van der Waals surface area (Å²) in [5, 5.41) is 0. The zero-order chi connectivity index (χ0) is 17.6. The number of Topliss-reactive ketones (excluding diaryl/α,β-unsaturated/α-hetero) is 1. The average Bonchev–Trinajstić information content (AvgIpc) is 2.63. The molecule has 4 rings (SSSR count). The number of ketones is 2. The van der Waals surface area contributed by atoms with Crippen molar-refractivity contribution in [2.45, 2.75) is 12.3 Å². The number of benzene rings is 2. The van der Waals surface area contributed by atoms with E-state index in [4.69, 9.17) is 0 Å². The third kappa shape index (κ3) is 2.29. The second-order valence-electron chi connectivity index (χ2n) is 6.30. The topological polar surface area (TPSA) is 34.1 Å². The Morgan fingerprint density at radius 3 is 2.32 bits per heavy atom. The SMILES string of the molecule is CC1=CC(=O)C=CC12C(c1ccccc1)=C(I)C(=O)c1ccccc12. The van der Waals surface area contributed by atoms with Crippen LogP contribution in [0.3, 0.4) is 0 Å². The van der Waals surface area contributed by atoms with Gasteiger partial charge in [0.2, 0.25) is 0 Å². The van der Waals surface area contributed by atoms with Gasteiger partial charge in [-0.15, -0.1) is 0 Å². The van der Waals surface area contributed by atoms with E-state index in [1.807, 2.05) is 67.6 Å². The van der Waals surface area contributed by atoms with Crippen LogP contribution in [0, 0.1) is 0 Å². The Hall–Kier alpha value is -2.27. The number of allylic oxidation sites excluding steroid dienone is 6. The van der Waals surface area contributed by atoms with Gasteiger partial charge in [0, 0.05) is 5.56 Å². The van der Waals surface area contributed by atoms with Crippen LogP contribution in [0.1, 0.15) is 28.4 Å².